The van der Waals surface area contributed by atoms with Gasteiger partial charge in [0.05, 0.1) is 5.84 Å². The molecule has 1 aromatic rings. The van der Waals surface area contributed by atoms with Crippen molar-refractivity contribution in [1.82, 2.24) is 0 Å². The zero-order valence-corrected chi connectivity index (χ0v) is 12.0. The molecular formula is C15H25N3. The van der Waals surface area contributed by atoms with Crippen molar-refractivity contribution in [2.75, 3.05) is 18.0 Å². The van der Waals surface area contributed by atoms with Gasteiger partial charge in [0.25, 0.3) is 0 Å². The van der Waals surface area contributed by atoms with Crippen LogP contribution in [0.4, 0.5) is 5.69 Å². The lowest BCUT2D eigenvalue weighted by atomic mass is 9.88. The highest BCUT2D eigenvalue weighted by molar-refractivity contribution is 5.82. The van der Waals surface area contributed by atoms with E-state index in [4.69, 9.17) is 11.1 Å². The van der Waals surface area contributed by atoms with Crippen LogP contribution in [-0.2, 0) is 0 Å². The van der Waals surface area contributed by atoms with Crippen LogP contribution in [0.3, 0.4) is 0 Å². The van der Waals surface area contributed by atoms with Crippen molar-refractivity contribution in [3.8, 4) is 0 Å². The maximum Gasteiger partial charge on any atom is 0.0963 e. The van der Waals surface area contributed by atoms with E-state index in [0.29, 0.717) is 0 Å². The topological polar surface area (TPSA) is 53.1 Å². The maximum absolute atomic E-state index is 7.60. The number of anilines is 1. The van der Waals surface area contributed by atoms with Crippen LogP contribution in [0.2, 0.25) is 0 Å². The number of aryl methyl sites for hydroxylation is 1. The first kappa shape index (κ1) is 14.6. The maximum atomic E-state index is 7.60. The third-order valence-electron chi connectivity index (χ3n) is 3.48. The largest absolute Gasteiger partial charge is 0.387 e. The average Bonchev–Trinajstić information content (AvgIpc) is 2.29. The van der Waals surface area contributed by atoms with Crippen molar-refractivity contribution in [3.63, 3.8) is 0 Å². The van der Waals surface area contributed by atoms with Crippen molar-refractivity contribution in [2.24, 2.45) is 11.1 Å². The van der Waals surface area contributed by atoms with Gasteiger partial charge in [-0.05, 0) is 38.0 Å². The lowest BCUT2D eigenvalue weighted by molar-refractivity contribution is 0.467. The fraction of sp³-hybridized carbons (Fsp3) is 0.533. The second kappa shape index (κ2) is 5.89. The molecule has 0 aliphatic carbocycles. The summed E-state index contributed by atoms with van der Waals surface area (Å²) in [5.74, 6) is 0.266. The van der Waals surface area contributed by atoms with E-state index >= 15 is 0 Å². The molecular weight excluding hydrogens is 222 g/mol. The van der Waals surface area contributed by atoms with E-state index in [9.17, 15) is 0 Å². The molecule has 100 valence electrons. The van der Waals surface area contributed by atoms with Gasteiger partial charge in [-0.15, -0.1) is 0 Å². The molecule has 0 saturated heterocycles. The first-order valence-electron chi connectivity index (χ1n) is 6.53. The lowest BCUT2D eigenvalue weighted by Crippen LogP contribution is -2.35. The van der Waals surface area contributed by atoms with Crippen LogP contribution >= 0.6 is 0 Å². The van der Waals surface area contributed by atoms with Crippen LogP contribution in [0.25, 0.3) is 0 Å². The van der Waals surface area contributed by atoms with Gasteiger partial charge in [-0.2, -0.15) is 0 Å². The predicted molar refractivity (Wildman–Crippen MR) is 79.4 cm³/mol. The molecule has 3 heteroatoms. The van der Waals surface area contributed by atoms with E-state index in [1.165, 1.54) is 11.3 Å². The van der Waals surface area contributed by atoms with Crippen LogP contribution in [0.15, 0.2) is 24.3 Å². The summed E-state index contributed by atoms with van der Waals surface area (Å²) in [5, 5.41) is 7.60. The number of nitrogens with one attached hydrogen (secondary N) is 1. The van der Waals surface area contributed by atoms with E-state index in [2.05, 4.69) is 43.0 Å². The Balaban J connectivity index is 2.72. The van der Waals surface area contributed by atoms with Gasteiger partial charge in [0.15, 0.2) is 0 Å². The Labute approximate surface area is 111 Å². The molecule has 0 atom stereocenters. The van der Waals surface area contributed by atoms with E-state index in [0.717, 1.165) is 19.5 Å². The Morgan fingerprint density at radius 1 is 1.39 bits per heavy atom. The molecule has 0 aliphatic heterocycles. The minimum Gasteiger partial charge on any atom is -0.387 e. The van der Waals surface area contributed by atoms with Crippen LogP contribution in [0.1, 0.15) is 32.8 Å². The molecule has 18 heavy (non-hydrogen) atoms. The summed E-state index contributed by atoms with van der Waals surface area (Å²) in [5.41, 5.74) is 7.92. The molecule has 0 aliphatic rings. The quantitative estimate of drug-likeness (QED) is 0.599. The summed E-state index contributed by atoms with van der Waals surface area (Å²) in [4.78, 5) is 2.33. The number of hydrogen-bond acceptors (Lipinski definition) is 2. The Morgan fingerprint density at radius 3 is 2.56 bits per heavy atom. The van der Waals surface area contributed by atoms with Gasteiger partial charge in [-0.1, -0.05) is 26.0 Å². The highest BCUT2D eigenvalue weighted by atomic mass is 15.1. The van der Waals surface area contributed by atoms with Crippen LogP contribution in [-0.4, -0.2) is 18.9 Å². The summed E-state index contributed by atoms with van der Waals surface area (Å²) >= 11 is 0. The van der Waals surface area contributed by atoms with Crippen LogP contribution in [0.5, 0.6) is 0 Å². The van der Waals surface area contributed by atoms with Gasteiger partial charge in [0, 0.05) is 24.2 Å². The smallest absolute Gasteiger partial charge is 0.0963 e. The van der Waals surface area contributed by atoms with Crippen molar-refractivity contribution in [3.05, 3.63) is 29.8 Å². The van der Waals surface area contributed by atoms with Crippen molar-refractivity contribution in [1.29, 1.82) is 5.41 Å². The molecule has 0 unspecified atom stereocenters. The molecule has 0 saturated carbocycles. The fourth-order valence-electron chi connectivity index (χ4n) is 1.84. The van der Waals surface area contributed by atoms with Gasteiger partial charge < -0.3 is 10.6 Å². The number of hydrogen-bond donors (Lipinski definition) is 2. The molecule has 0 amide bonds. The summed E-state index contributed by atoms with van der Waals surface area (Å²) in [6.45, 7) is 10.2. The molecule has 0 aromatic heterocycles. The minimum absolute atomic E-state index is 0.225. The highest BCUT2D eigenvalue weighted by Gasteiger charge is 2.22. The summed E-state index contributed by atoms with van der Waals surface area (Å²) < 4.78 is 0. The highest BCUT2D eigenvalue weighted by Crippen LogP contribution is 2.23. The third-order valence-corrected chi connectivity index (χ3v) is 3.48. The van der Waals surface area contributed by atoms with Gasteiger partial charge in [0.2, 0.25) is 0 Å². The Kier molecular flexibility index (Phi) is 4.76. The van der Waals surface area contributed by atoms with Crippen LogP contribution in [0, 0.1) is 17.7 Å². The lowest BCUT2D eigenvalue weighted by Gasteiger charge is -2.29. The van der Waals surface area contributed by atoms with Crippen molar-refractivity contribution in [2.45, 2.75) is 34.1 Å². The summed E-state index contributed by atoms with van der Waals surface area (Å²) in [6.07, 6.45) is 0.893. The monoisotopic (exact) mass is 247 g/mol. The molecule has 3 N–H and O–H groups in total. The Bertz CT molecular complexity index is 410. The average molecular weight is 247 g/mol. The van der Waals surface area contributed by atoms with Gasteiger partial charge in [-0.25, -0.2) is 0 Å². The Hall–Kier alpha value is -1.51. The number of amidine groups is 1. The zero-order valence-electron chi connectivity index (χ0n) is 12.0. The molecule has 0 bridgehead atoms. The van der Waals surface area contributed by atoms with E-state index in [-0.39, 0.29) is 11.3 Å². The number of benzene rings is 1. The van der Waals surface area contributed by atoms with Gasteiger partial charge in [0.1, 0.15) is 0 Å². The first-order valence-corrected chi connectivity index (χ1v) is 6.53. The number of nitrogens with two attached hydrogens (primary N) is 1. The number of nitrogens with zero attached hydrogens (tertiary/aromatic N) is 1. The molecule has 0 fully saturated rings. The zero-order chi connectivity index (χ0) is 13.8. The normalized spacial score (nSPS) is 11.3. The Morgan fingerprint density at radius 2 is 2.06 bits per heavy atom. The van der Waals surface area contributed by atoms with Crippen LogP contribution < -0.4 is 10.6 Å². The molecule has 0 heterocycles. The second-order valence-electron chi connectivity index (χ2n) is 5.47. The molecule has 3 nitrogen and oxygen atoms in total. The van der Waals surface area contributed by atoms with Gasteiger partial charge >= 0.3 is 0 Å². The van der Waals surface area contributed by atoms with Gasteiger partial charge in [-0.3, -0.25) is 5.41 Å². The minimum atomic E-state index is -0.225. The second-order valence-corrected chi connectivity index (χ2v) is 5.47. The van der Waals surface area contributed by atoms with E-state index in [1.54, 1.807) is 0 Å². The van der Waals surface area contributed by atoms with E-state index < -0.39 is 0 Å². The molecule has 0 radical (unpaired) electrons. The first-order chi connectivity index (χ1) is 8.36. The molecule has 0 spiro atoms. The van der Waals surface area contributed by atoms with Crippen molar-refractivity contribution < 1.29 is 0 Å². The fourth-order valence-corrected chi connectivity index (χ4v) is 1.84. The third kappa shape index (κ3) is 3.76. The van der Waals surface area contributed by atoms with Crippen molar-refractivity contribution >= 4 is 11.5 Å². The van der Waals surface area contributed by atoms with E-state index in [1.807, 2.05) is 13.8 Å². The molecule has 1 aromatic carbocycles. The molecule has 1 rings (SSSR count). The SMILES string of the molecule is CCN(CCC(C)(C)C(=N)N)c1cccc(C)c1. The standard InChI is InChI=1S/C15H25N3/c1-5-18(10-9-15(3,4)14(16)17)13-8-6-7-12(2)11-13/h6-8,11H,5,9-10H2,1-4H3,(H3,16,17). The number of rotatable bonds is 6. The summed E-state index contributed by atoms with van der Waals surface area (Å²) in [6, 6.07) is 8.53. The predicted octanol–water partition coefficient (Wildman–Crippen LogP) is 3.17. The summed E-state index contributed by atoms with van der Waals surface area (Å²) in [7, 11) is 0.